The van der Waals surface area contributed by atoms with Gasteiger partial charge in [-0.2, -0.15) is 5.26 Å². The number of hydrogen-bond donors (Lipinski definition) is 1. The SMILES string of the molecule is CCOc1cc(-c2ccc(N3CC4CC(C3)N4Cc3ccc(OC)nc3)nc2)c2c(C#N)c(N)nn2c1. The molecule has 2 atom stereocenters. The fourth-order valence-electron chi connectivity index (χ4n) is 5.45. The number of piperidine rings is 1. The third kappa shape index (κ3) is 4.07. The quantitative estimate of drug-likeness (QED) is 0.412. The Labute approximate surface area is 214 Å². The minimum Gasteiger partial charge on any atom is -0.492 e. The minimum absolute atomic E-state index is 0.199. The van der Waals surface area contributed by atoms with Crippen molar-refractivity contribution < 1.29 is 9.47 Å². The number of methoxy groups -OCH3 is 1. The zero-order valence-electron chi connectivity index (χ0n) is 20.8. The maximum Gasteiger partial charge on any atom is 0.212 e. The molecule has 37 heavy (non-hydrogen) atoms. The summed E-state index contributed by atoms with van der Waals surface area (Å²) in [7, 11) is 1.63. The van der Waals surface area contributed by atoms with Crippen molar-refractivity contribution in [2.75, 3.05) is 37.4 Å². The van der Waals surface area contributed by atoms with Gasteiger partial charge in [-0.1, -0.05) is 6.07 Å². The molecule has 0 aromatic carbocycles. The second kappa shape index (κ2) is 9.26. The Bertz CT molecular complexity index is 1460. The number of nitrogens with zero attached hydrogens (tertiary/aromatic N) is 7. The molecule has 2 bridgehead atoms. The first-order chi connectivity index (χ1) is 18.1. The van der Waals surface area contributed by atoms with E-state index in [9.17, 15) is 5.26 Å². The van der Waals surface area contributed by atoms with Crippen LogP contribution in [0.3, 0.4) is 0 Å². The minimum atomic E-state index is 0.199. The summed E-state index contributed by atoms with van der Waals surface area (Å²) in [5.41, 5.74) is 9.91. The zero-order valence-corrected chi connectivity index (χ0v) is 20.8. The molecule has 10 nitrogen and oxygen atoms in total. The van der Waals surface area contributed by atoms with Crippen molar-refractivity contribution in [3.8, 4) is 28.8 Å². The molecule has 7 rings (SSSR count). The van der Waals surface area contributed by atoms with E-state index in [4.69, 9.17) is 20.2 Å². The van der Waals surface area contributed by atoms with Crippen molar-refractivity contribution in [2.45, 2.75) is 32.0 Å². The maximum absolute atomic E-state index is 9.68. The molecule has 10 heteroatoms. The van der Waals surface area contributed by atoms with Crippen LogP contribution in [0.4, 0.5) is 11.6 Å². The molecule has 3 aliphatic rings. The van der Waals surface area contributed by atoms with Crippen LogP contribution >= 0.6 is 0 Å². The third-order valence-corrected chi connectivity index (χ3v) is 7.25. The van der Waals surface area contributed by atoms with Crippen molar-refractivity contribution >= 4 is 17.2 Å². The first-order valence-corrected chi connectivity index (χ1v) is 12.4. The van der Waals surface area contributed by atoms with Crippen molar-refractivity contribution in [1.82, 2.24) is 24.5 Å². The number of fused-ring (bicyclic) bond motifs is 3. The van der Waals surface area contributed by atoms with E-state index in [-0.39, 0.29) is 5.82 Å². The van der Waals surface area contributed by atoms with E-state index in [2.05, 4.69) is 32.0 Å². The van der Waals surface area contributed by atoms with Gasteiger partial charge in [0.15, 0.2) is 5.82 Å². The van der Waals surface area contributed by atoms with Crippen LogP contribution in [0, 0.1) is 11.3 Å². The summed E-state index contributed by atoms with van der Waals surface area (Å²) in [6.07, 6.45) is 6.70. The van der Waals surface area contributed by atoms with E-state index >= 15 is 0 Å². The second-order valence-corrected chi connectivity index (χ2v) is 9.42. The lowest BCUT2D eigenvalue weighted by atomic mass is 9.87. The summed E-state index contributed by atoms with van der Waals surface area (Å²) in [5.74, 6) is 2.45. The van der Waals surface area contributed by atoms with Gasteiger partial charge in [-0.25, -0.2) is 14.5 Å². The lowest BCUT2D eigenvalue weighted by Gasteiger charge is -2.56. The normalized spacial score (nSPS) is 18.9. The van der Waals surface area contributed by atoms with E-state index in [1.54, 1.807) is 17.8 Å². The number of piperazine rings is 1. The standard InChI is InChI=1S/C27H28N8O2/c1-3-37-21-9-22(26-23(10-28)27(29)32-35(26)16-21)18-5-6-24(30-12-18)33-14-19-8-20(15-33)34(19)13-17-4-7-25(36-2)31-11-17/h4-7,9,11-12,16,19-20H,3,8,13-15H2,1-2H3,(H2,29,32). The van der Waals surface area contributed by atoms with Crippen LogP contribution in [-0.2, 0) is 6.54 Å². The number of pyridine rings is 3. The van der Waals surface area contributed by atoms with Crippen LogP contribution in [0.1, 0.15) is 24.5 Å². The van der Waals surface area contributed by atoms with E-state index < -0.39 is 0 Å². The first kappa shape index (κ1) is 23.1. The largest absolute Gasteiger partial charge is 0.492 e. The lowest BCUT2D eigenvalue weighted by Crippen LogP contribution is -2.68. The highest BCUT2D eigenvalue weighted by Crippen LogP contribution is 2.37. The van der Waals surface area contributed by atoms with E-state index in [1.165, 1.54) is 12.0 Å². The van der Waals surface area contributed by atoms with Gasteiger partial charge >= 0.3 is 0 Å². The Balaban J connectivity index is 1.21. The zero-order chi connectivity index (χ0) is 25.5. The molecule has 2 unspecified atom stereocenters. The van der Waals surface area contributed by atoms with Crippen molar-refractivity contribution in [3.63, 3.8) is 0 Å². The molecule has 4 aromatic rings. The Morgan fingerprint density at radius 3 is 2.62 bits per heavy atom. The smallest absolute Gasteiger partial charge is 0.212 e. The molecule has 0 amide bonds. The molecular formula is C27H28N8O2. The highest BCUT2D eigenvalue weighted by Gasteiger charge is 2.44. The predicted octanol–water partition coefficient (Wildman–Crippen LogP) is 3.12. The van der Waals surface area contributed by atoms with Crippen molar-refractivity contribution in [3.05, 3.63) is 60.0 Å². The van der Waals surface area contributed by atoms with Gasteiger partial charge in [-0.05, 0) is 37.1 Å². The third-order valence-electron chi connectivity index (χ3n) is 7.25. The fraction of sp³-hybridized carbons (Fsp3) is 0.333. The van der Waals surface area contributed by atoms with Crippen molar-refractivity contribution in [2.24, 2.45) is 0 Å². The summed E-state index contributed by atoms with van der Waals surface area (Å²) in [6, 6.07) is 13.2. The number of ether oxygens (including phenoxy) is 2. The Hall–Kier alpha value is -4.36. The summed E-state index contributed by atoms with van der Waals surface area (Å²) in [6.45, 7) is 5.22. The number of nitrogen functional groups attached to an aromatic ring is 1. The fourth-order valence-corrected chi connectivity index (χ4v) is 5.45. The topological polar surface area (TPSA) is 118 Å². The van der Waals surface area contributed by atoms with Gasteiger partial charge in [0.2, 0.25) is 5.88 Å². The van der Waals surface area contributed by atoms with Crippen molar-refractivity contribution in [1.29, 1.82) is 5.26 Å². The number of rotatable bonds is 7. The van der Waals surface area contributed by atoms with Crippen LogP contribution in [0.5, 0.6) is 11.6 Å². The van der Waals surface area contributed by atoms with E-state index in [0.29, 0.717) is 41.4 Å². The van der Waals surface area contributed by atoms with Gasteiger partial charge in [0.05, 0.1) is 25.4 Å². The van der Waals surface area contributed by atoms with Gasteiger partial charge < -0.3 is 20.1 Å². The second-order valence-electron chi connectivity index (χ2n) is 9.42. The highest BCUT2D eigenvalue weighted by molar-refractivity contribution is 5.88. The van der Waals surface area contributed by atoms with Crippen LogP contribution in [-0.4, -0.2) is 63.4 Å². The van der Waals surface area contributed by atoms with Crippen LogP contribution in [0.15, 0.2) is 48.9 Å². The molecule has 0 saturated carbocycles. The molecule has 7 heterocycles. The average molecular weight is 497 g/mol. The molecule has 2 N–H and O–H groups in total. The summed E-state index contributed by atoms with van der Waals surface area (Å²) >= 11 is 0. The summed E-state index contributed by atoms with van der Waals surface area (Å²) < 4.78 is 12.5. The number of nitrogens with two attached hydrogens (primary N) is 1. The molecule has 0 aliphatic carbocycles. The monoisotopic (exact) mass is 496 g/mol. The molecule has 188 valence electrons. The molecule has 0 spiro atoms. The Morgan fingerprint density at radius 2 is 1.97 bits per heavy atom. The molecule has 3 aliphatic heterocycles. The number of anilines is 2. The van der Waals surface area contributed by atoms with Crippen LogP contribution in [0.2, 0.25) is 0 Å². The average Bonchev–Trinajstić information content (AvgIpc) is 3.26. The number of nitriles is 1. The van der Waals surface area contributed by atoms with Gasteiger partial charge in [0, 0.05) is 61.3 Å². The summed E-state index contributed by atoms with van der Waals surface area (Å²) in [5, 5.41) is 14.0. The van der Waals surface area contributed by atoms with Gasteiger partial charge in [0.25, 0.3) is 0 Å². The predicted molar refractivity (Wildman–Crippen MR) is 139 cm³/mol. The molecular weight excluding hydrogens is 468 g/mol. The van der Waals surface area contributed by atoms with Crippen LogP contribution < -0.4 is 20.1 Å². The number of aromatic nitrogens is 4. The van der Waals surface area contributed by atoms with Gasteiger partial charge in [-0.3, -0.25) is 4.90 Å². The maximum atomic E-state index is 9.68. The van der Waals surface area contributed by atoms with Crippen LogP contribution in [0.25, 0.3) is 16.6 Å². The molecule has 3 saturated heterocycles. The highest BCUT2D eigenvalue weighted by atomic mass is 16.5. The molecule has 4 aromatic heterocycles. The number of hydrogen-bond acceptors (Lipinski definition) is 9. The summed E-state index contributed by atoms with van der Waals surface area (Å²) in [4.78, 5) is 14.1. The Morgan fingerprint density at radius 1 is 1.14 bits per heavy atom. The lowest BCUT2D eigenvalue weighted by molar-refractivity contribution is -0.00876. The van der Waals surface area contributed by atoms with Gasteiger partial charge in [0.1, 0.15) is 23.2 Å². The molecule has 0 radical (unpaired) electrons. The van der Waals surface area contributed by atoms with E-state index in [1.807, 2.05) is 43.6 Å². The van der Waals surface area contributed by atoms with Gasteiger partial charge in [-0.15, -0.1) is 5.10 Å². The Kier molecular flexibility index (Phi) is 5.77. The van der Waals surface area contributed by atoms with E-state index in [0.717, 1.165) is 36.6 Å². The first-order valence-electron chi connectivity index (χ1n) is 12.4. The molecule has 3 fully saturated rings.